The minimum absolute atomic E-state index is 0.0559. The van der Waals surface area contributed by atoms with Crippen LogP contribution in [0, 0.1) is 40.9 Å². The minimum atomic E-state index is -0.0743. The van der Waals surface area contributed by atoms with Crippen LogP contribution in [-0.4, -0.2) is 13.1 Å². The van der Waals surface area contributed by atoms with Gasteiger partial charge in [0.05, 0.1) is 7.11 Å². The summed E-state index contributed by atoms with van der Waals surface area (Å²) in [4.78, 5) is 13.0. The SMILES string of the molecule is COC(=O)CCCC1(c2ccccc2)C23c4c5c6c7c8c4C4C9=C8CC=C7C7C=CC8C%10C=CC%11=C%12C=CC%13C(C=C9)C4C12C%13C%12c1c%11c%10c(c-5c13)C8C67. The summed E-state index contributed by atoms with van der Waals surface area (Å²) < 4.78 is 5.36. The van der Waals surface area contributed by atoms with Gasteiger partial charge in [0.2, 0.25) is 0 Å². The lowest BCUT2D eigenvalue weighted by Gasteiger charge is -2.48. The summed E-state index contributed by atoms with van der Waals surface area (Å²) in [5.74, 6) is 5.73. The van der Waals surface area contributed by atoms with Crippen molar-refractivity contribution in [1.29, 1.82) is 0 Å². The molecule has 3 aromatic carbocycles. The molecule has 14 unspecified atom stereocenters. The molecule has 15 aliphatic rings. The Morgan fingerprint density at radius 1 is 0.722 bits per heavy atom. The Kier molecular flexibility index (Phi) is 3.50. The number of carbonyl (C=O) groups is 1. The molecule has 2 heteroatoms. The number of fused-ring (bicyclic) bond motifs is 3. The summed E-state index contributed by atoms with van der Waals surface area (Å²) in [7, 11) is 1.58. The standard InChI is InChI=1S/C52H36O2/c1-54-31(53)8-5-19-50(20-6-3-2-4-7-20)51-46-29-17-15-27-25-13-11-23-21-9-10-22-24-12-14-26-28-16-18-30(29)47(51)39(28)43-37(26)35(24)41-33(22)32(21)40-34(23)36(25)42(38(27)46)48-44(40)45(41)49(43)52(48,50)51/h2-4,6-7,9-13,15-18,21-23,29-30,32-33,38-39,46-47H,5,8,14,19H2,1H3. The molecule has 256 valence electrons. The van der Waals surface area contributed by atoms with Crippen molar-refractivity contribution >= 4 is 22.7 Å². The number of rotatable bonds is 5. The average Bonchev–Trinajstić information content (AvgIpc) is 3.86. The van der Waals surface area contributed by atoms with Crippen LogP contribution in [0.3, 0.4) is 0 Å². The van der Waals surface area contributed by atoms with Crippen molar-refractivity contribution in [2.75, 3.05) is 7.11 Å². The number of methoxy groups -OCH3 is 1. The minimum Gasteiger partial charge on any atom is -0.469 e. The molecule has 2 spiro atoms. The van der Waals surface area contributed by atoms with Crippen molar-refractivity contribution in [3.63, 3.8) is 0 Å². The zero-order valence-electron chi connectivity index (χ0n) is 30.1. The fourth-order valence-corrected chi connectivity index (χ4v) is 19.7. The highest BCUT2D eigenvalue weighted by Gasteiger charge is 3.00. The van der Waals surface area contributed by atoms with Gasteiger partial charge < -0.3 is 4.74 Å². The zero-order valence-corrected chi connectivity index (χ0v) is 30.1. The molecule has 0 bridgehead atoms. The molecule has 14 atom stereocenters. The van der Waals surface area contributed by atoms with Gasteiger partial charge in [0.1, 0.15) is 0 Å². The average molecular weight is 693 g/mol. The first-order chi connectivity index (χ1) is 26.7. The molecule has 0 N–H and O–H groups in total. The summed E-state index contributed by atoms with van der Waals surface area (Å²) in [6.45, 7) is 0. The molecule has 2 saturated carbocycles. The Bertz CT molecular complexity index is 2920. The van der Waals surface area contributed by atoms with E-state index in [0.717, 1.165) is 19.3 Å². The predicted molar refractivity (Wildman–Crippen MR) is 207 cm³/mol. The molecule has 0 amide bonds. The third kappa shape index (κ3) is 1.88. The van der Waals surface area contributed by atoms with E-state index in [1.165, 1.54) is 0 Å². The van der Waals surface area contributed by atoms with E-state index < -0.39 is 0 Å². The van der Waals surface area contributed by atoms with E-state index in [0.29, 0.717) is 71.5 Å². The number of carbonyl (C=O) groups excluding carboxylic acids is 1. The third-order valence-electron chi connectivity index (χ3n) is 19.9. The number of allylic oxidation sites excluding steroid dienone is 14. The monoisotopic (exact) mass is 692 g/mol. The molecular weight excluding hydrogens is 657 g/mol. The molecule has 0 saturated heterocycles. The maximum Gasteiger partial charge on any atom is 0.305 e. The third-order valence-corrected chi connectivity index (χ3v) is 19.9. The normalized spacial score (nSPS) is 45.4. The van der Waals surface area contributed by atoms with Gasteiger partial charge in [0.15, 0.2) is 0 Å². The second-order valence-electron chi connectivity index (χ2n) is 20.0. The van der Waals surface area contributed by atoms with Crippen LogP contribution in [0.25, 0.3) is 27.8 Å². The zero-order chi connectivity index (χ0) is 34.3. The number of esters is 1. The number of benzene rings is 3. The molecule has 15 aliphatic carbocycles. The highest BCUT2D eigenvalue weighted by molar-refractivity contribution is 6.11. The van der Waals surface area contributed by atoms with Crippen LogP contribution in [-0.2, 0) is 20.4 Å². The van der Waals surface area contributed by atoms with Crippen LogP contribution in [0.1, 0.15) is 116 Å². The Hall–Kier alpha value is -4.69. The van der Waals surface area contributed by atoms with Crippen molar-refractivity contribution in [3.8, 4) is 11.1 Å². The van der Waals surface area contributed by atoms with Crippen molar-refractivity contribution in [3.05, 3.63) is 157 Å². The summed E-state index contributed by atoms with van der Waals surface area (Å²) in [5, 5.41) is 0. The smallest absolute Gasteiger partial charge is 0.305 e. The molecule has 2 nitrogen and oxygen atoms in total. The van der Waals surface area contributed by atoms with E-state index in [2.05, 4.69) is 85.0 Å². The lowest BCUT2D eigenvalue weighted by atomic mass is 9.54. The van der Waals surface area contributed by atoms with E-state index >= 15 is 0 Å². The molecule has 18 rings (SSSR count). The first kappa shape index (κ1) is 26.2. The van der Waals surface area contributed by atoms with Crippen LogP contribution in [0.4, 0.5) is 0 Å². The Labute approximate surface area is 313 Å². The molecule has 3 aromatic rings. The van der Waals surface area contributed by atoms with Gasteiger partial charge in [-0.1, -0.05) is 85.0 Å². The maximum absolute atomic E-state index is 13.0. The predicted octanol–water partition coefficient (Wildman–Crippen LogP) is 10.0. The number of ether oxygens (including phenoxy) is 1. The van der Waals surface area contributed by atoms with Crippen molar-refractivity contribution in [1.82, 2.24) is 0 Å². The lowest BCUT2D eigenvalue weighted by Crippen LogP contribution is -2.43. The van der Waals surface area contributed by atoms with Crippen LogP contribution >= 0.6 is 0 Å². The van der Waals surface area contributed by atoms with E-state index in [1.807, 2.05) is 11.1 Å². The van der Waals surface area contributed by atoms with Gasteiger partial charge in [-0.2, -0.15) is 0 Å². The van der Waals surface area contributed by atoms with Crippen molar-refractivity contribution < 1.29 is 9.53 Å². The summed E-state index contributed by atoms with van der Waals surface area (Å²) >= 11 is 0. The van der Waals surface area contributed by atoms with E-state index in [1.54, 1.807) is 96.2 Å². The molecule has 0 radical (unpaired) electrons. The Morgan fingerprint density at radius 2 is 1.50 bits per heavy atom. The van der Waals surface area contributed by atoms with E-state index in [4.69, 9.17) is 4.74 Å². The van der Waals surface area contributed by atoms with Gasteiger partial charge >= 0.3 is 5.97 Å². The molecule has 0 heterocycles. The summed E-state index contributed by atoms with van der Waals surface area (Å²) in [6, 6.07) is 12.0. The summed E-state index contributed by atoms with van der Waals surface area (Å²) in [5.41, 5.74) is 31.0. The van der Waals surface area contributed by atoms with Crippen LogP contribution in [0.5, 0.6) is 0 Å². The van der Waals surface area contributed by atoms with Gasteiger partial charge in [-0.05, 0) is 155 Å². The van der Waals surface area contributed by atoms with Crippen LogP contribution < -0.4 is 0 Å². The quantitative estimate of drug-likeness (QED) is 0.197. The van der Waals surface area contributed by atoms with E-state index in [-0.39, 0.29) is 22.2 Å². The largest absolute Gasteiger partial charge is 0.469 e. The molecule has 54 heavy (non-hydrogen) atoms. The number of hydrogen-bond acceptors (Lipinski definition) is 2. The highest BCUT2D eigenvalue weighted by atomic mass is 16.5. The van der Waals surface area contributed by atoms with Crippen LogP contribution in [0.2, 0.25) is 0 Å². The Balaban J connectivity index is 1.13. The lowest BCUT2D eigenvalue weighted by molar-refractivity contribution is -0.140. The Morgan fingerprint density at radius 3 is 2.33 bits per heavy atom. The second kappa shape index (κ2) is 7.23. The molecule has 2 fully saturated rings. The highest BCUT2D eigenvalue weighted by Crippen LogP contribution is 3.02. The van der Waals surface area contributed by atoms with Gasteiger partial charge in [-0.3, -0.25) is 4.79 Å². The molecule has 0 aliphatic heterocycles. The van der Waals surface area contributed by atoms with Gasteiger partial charge in [-0.25, -0.2) is 0 Å². The maximum atomic E-state index is 13.0. The molecule has 0 aromatic heterocycles. The summed E-state index contributed by atoms with van der Waals surface area (Å²) in [6.07, 6.45) is 27.8. The fraction of sp³-hybridized carbons (Fsp3) is 0.365. The van der Waals surface area contributed by atoms with Gasteiger partial charge in [-0.15, -0.1) is 0 Å². The van der Waals surface area contributed by atoms with Crippen LogP contribution in [0.15, 0.2) is 96.2 Å². The van der Waals surface area contributed by atoms with Gasteiger partial charge in [0, 0.05) is 52.3 Å². The molecular formula is C52H36O2. The first-order valence-electron chi connectivity index (χ1n) is 21.2. The number of hydrogen-bond donors (Lipinski definition) is 0. The first-order valence-corrected chi connectivity index (χ1v) is 21.2. The van der Waals surface area contributed by atoms with Gasteiger partial charge in [0.25, 0.3) is 0 Å². The topological polar surface area (TPSA) is 26.3 Å². The second-order valence-corrected chi connectivity index (χ2v) is 20.0. The van der Waals surface area contributed by atoms with Crippen molar-refractivity contribution in [2.24, 2.45) is 40.9 Å². The fourth-order valence-electron chi connectivity index (χ4n) is 19.7. The van der Waals surface area contributed by atoms with E-state index in [9.17, 15) is 4.79 Å². The van der Waals surface area contributed by atoms with Crippen molar-refractivity contribution in [2.45, 2.75) is 66.1 Å².